The number of nitrogens with zero attached hydrogens (tertiary/aromatic N) is 2. The number of carbonyl (C=O) groups is 2. The summed E-state index contributed by atoms with van der Waals surface area (Å²) in [6.07, 6.45) is 2.17. The number of pyridine rings is 1. The van der Waals surface area contributed by atoms with Crippen molar-refractivity contribution in [3.05, 3.63) is 54.2 Å². The van der Waals surface area contributed by atoms with E-state index in [-0.39, 0.29) is 48.9 Å². The Morgan fingerprint density at radius 1 is 1.23 bits per heavy atom. The number of hydrogen-bond acceptors (Lipinski definition) is 6. The molecule has 2 aromatic rings. The van der Waals surface area contributed by atoms with Crippen LogP contribution in [0.4, 0.5) is 0 Å². The van der Waals surface area contributed by atoms with Crippen LogP contribution in [0.25, 0.3) is 0 Å². The number of para-hydroxylation sites is 1. The fourth-order valence-corrected chi connectivity index (χ4v) is 5.57. The van der Waals surface area contributed by atoms with E-state index in [1.165, 1.54) is 0 Å². The molecule has 8 nitrogen and oxygen atoms in total. The van der Waals surface area contributed by atoms with E-state index in [0.717, 1.165) is 5.56 Å². The molecule has 158 valence electrons. The van der Waals surface area contributed by atoms with Crippen LogP contribution in [-0.2, 0) is 26.0 Å². The standard InChI is InChI=1S/C21H23N3O5S/c25-20-11-16(13-24(20)17-7-9-30(27,28)14-17)21(26)23-12-15-6-8-22-19(10-15)29-18-4-2-1-3-5-18/h1-6,8,10,16-17H,7,9,11-14H2,(H,23,26)/t16-,17-/m1/s1. The Hall–Kier alpha value is -2.94. The minimum Gasteiger partial charge on any atom is -0.439 e. The van der Waals surface area contributed by atoms with Gasteiger partial charge < -0.3 is 15.0 Å². The molecule has 0 unspecified atom stereocenters. The van der Waals surface area contributed by atoms with Crippen LogP contribution >= 0.6 is 0 Å². The lowest BCUT2D eigenvalue weighted by Crippen LogP contribution is -2.39. The SMILES string of the molecule is O=C(NCc1ccnc(Oc2ccccc2)c1)[C@@H]1CC(=O)N([C@@H]2CCS(=O)(=O)C2)C1. The van der Waals surface area contributed by atoms with E-state index in [1.807, 2.05) is 30.3 Å². The summed E-state index contributed by atoms with van der Waals surface area (Å²) in [6.45, 7) is 0.554. The number of rotatable bonds is 6. The minimum absolute atomic E-state index is 0.00567. The van der Waals surface area contributed by atoms with Crippen molar-refractivity contribution in [3.8, 4) is 11.6 Å². The first-order valence-corrected chi connectivity index (χ1v) is 11.7. The highest BCUT2D eigenvalue weighted by atomic mass is 32.2. The summed E-state index contributed by atoms with van der Waals surface area (Å²) in [7, 11) is -3.08. The summed E-state index contributed by atoms with van der Waals surface area (Å²) in [4.78, 5) is 30.6. The van der Waals surface area contributed by atoms with Gasteiger partial charge in [-0.25, -0.2) is 13.4 Å². The second kappa shape index (κ2) is 8.43. The molecule has 0 saturated carbocycles. The van der Waals surface area contributed by atoms with Gasteiger partial charge in [0.1, 0.15) is 5.75 Å². The molecule has 0 aliphatic carbocycles. The van der Waals surface area contributed by atoms with Crippen LogP contribution in [0, 0.1) is 5.92 Å². The number of sulfone groups is 1. The number of aromatic nitrogens is 1. The van der Waals surface area contributed by atoms with Gasteiger partial charge in [-0.3, -0.25) is 9.59 Å². The lowest BCUT2D eigenvalue weighted by molar-refractivity contribution is -0.130. The second-order valence-corrected chi connectivity index (χ2v) is 9.87. The molecular weight excluding hydrogens is 406 g/mol. The number of carbonyl (C=O) groups excluding carboxylic acids is 2. The van der Waals surface area contributed by atoms with Gasteiger partial charge in [0.25, 0.3) is 0 Å². The van der Waals surface area contributed by atoms with E-state index >= 15 is 0 Å². The highest BCUT2D eigenvalue weighted by molar-refractivity contribution is 7.91. The zero-order valence-corrected chi connectivity index (χ0v) is 17.2. The third-order valence-corrected chi connectivity index (χ3v) is 7.16. The Morgan fingerprint density at radius 3 is 2.77 bits per heavy atom. The van der Waals surface area contributed by atoms with Gasteiger partial charge in [0, 0.05) is 37.8 Å². The summed E-state index contributed by atoms with van der Waals surface area (Å²) in [6, 6.07) is 12.5. The van der Waals surface area contributed by atoms with Gasteiger partial charge in [0.05, 0.1) is 17.4 Å². The molecular formula is C21H23N3O5S. The smallest absolute Gasteiger partial charge is 0.225 e. The normalized spacial score (nSPS) is 22.8. The zero-order valence-electron chi connectivity index (χ0n) is 16.4. The van der Waals surface area contributed by atoms with Crippen LogP contribution in [0.5, 0.6) is 11.6 Å². The van der Waals surface area contributed by atoms with Crippen molar-refractivity contribution < 1.29 is 22.7 Å². The predicted octanol–water partition coefficient (Wildman–Crippen LogP) is 1.53. The molecule has 2 amide bonds. The Labute approximate surface area is 175 Å². The maximum atomic E-state index is 12.6. The van der Waals surface area contributed by atoms with E-state index in [0.29, 0.717) is 18.1 Å². The van der Waals surface area contributed by atoms with Gasteiger partial charge >= 0.3 is 0 Å². The first kappa shape index (κ1) is 20.3. The van der Waals surface area contributed by atoms with Crippen molar-refractivity contribution in [2.45, 2.75) is 25.4 Å². The van der Waals surface area contributed by atoms with Crippen LogP contribution in [-0.4, -0.2) is 54.2 Å². The lowest BCUT2D eigenvalue weighted by Gasteiger charge is -2.22. The van der Waals surface area contributed by atoms with Gasteiger partial charge in [-0.15, -0.1) is 0 Å². The van der Waals surface area contributed by atoms with E-state index in [1.54, 1.807) is 23.2 Å². The van der Waals surface area contributed by atoms with Gasteiger partial charge in [-0.1, -0.05) is 18.2 Å². The van der Waals surface area contributed by atoms with Gasteiger partial charge in [-0.05, 0) is 30.2 Å². The zero-order chi connectivity index (χ0) is 21.1. The summed E-state index contributed by atoms with van der Waals surface area (Å²) < 4.78 is 29.1. The van der Waals surface area contributed by atoms with Crippen LogP contribution in [0.3, 0.4) is 0 Å². The number of likely N-dealkylation sites (tertiary alicyclic amines) is 1. The highest BCUT2D eigenvalue weighted by Crippen LogP contribution is 2.26. The molecule has 2 atom stereocenters. The number of hydrogen-bond donors (Lipinski definition) is 1. The summed E-state index contributed by atoms with van der Waals surface area (Å²) in [5.74, 6) is 0.362. The molecule has 0 bridgehead atoms. The summed E-state index contributed by atoms with van der Waals surface area (Å²) in [5, 5.41) is 2.86. The topological polar surface area (TPSA) is 106 Å². The molecule has 4 rings (SSSR count). The maximum Gasteiger partial charge on any atom is 0.225 e. The quantitative estimate of drug-likeness (QED) is 0.747. The third-order valence-electron chi connectivity index (χ3n) is 5.41. The molecule has 0 spiro atoms. The van der Waals surface area contributed by atoms with E-state index in [9.17, 15) is 18.0 Å². The lowest BCUT2D eigenvalue weighted by atomic mass is 10.1. The van der Waals surface area contributed by atoms with Crippen molar-refractivity contribution in [2.24, 2.45) is 5.92 Å². The average Bonchev–Trinajstić information content (AvgIpc) is 3.29. The Kier molecular flexibility index (Phi) is 5.72. The summed E-state index contributed by atoms with van der Waals surface area (Å²) in [5.41, 5.74) is 0.826. The van der Waals surface area contributed by atoms with Crippen molar-refractivity contribution in [1.29, 1.82) is 0 Å². The molecule has 2 aliphatic heterocycles. The fraction of sp³-hybridized carbons (Fsp3) is 0.381. The van der Waals surface area contributed by atoms with Gasteiger partial charge in [0.15, 0.2) is 9.84 Å². The number of nitrogens with one attached hydrogen (secondary N) is 1. The van der Waals surface area contributed by atoms with Crippen molar-refractivity contribution >= 4 is 21.7 Å². The average molecular weight is 429 g/mol. The first-order chi connectivity index (χ1) is 14.4. The molecule has 2 saturated heterocycles. The number of ether oxygens (including phenoxy) is 1. The molecule has 1 aromatic heterocycles. The van der Waals surface area contributed by atoms with Crippen molar-refractivity contribution in [3.63, 3.8) is 0 Å². The van der Waals surface area contributed by atoms with Gasteiger partial charge in [-0.2, -0.15) is 0 Å². The van der Waals surface area contributed by atoms with Crippen LogP contribution < -0.4 is 10.1 Å². The molecule has 2 fully saturated rings. The van der Waals surface area contributed by atoms with E-state index in [4.69, 9.17) is 4.74 Å². The molecule has 30 heavy (non-hydrogen) atoms. The Morgan fingerprint density at radius 2 is 2.03 bits per heavy atom. The Balaban J connectivity index is 1.32. The highest BCUT2D eigenvalue weighted by Gasteiger charge is 2.41. The minimum atomic E-state index is -3.08. The Bertz CT molecular complexity index is 1040. The van der Waals surface area contributed by atoms with E-state index in [2.05, 4.69) is 10.3 Å². The first-order valence-electron chi connectivity index (χ1n) is 9.85. The summed E-state index contributed by atoms with van der Waals surface area (Å²) >= 11 is 0. The van der Waals surface area contributed by atoms with E-state index < -0.39 is 15.8 Å². The van der Waals surface area contributed by atoms with Crippen molar-refractivity contribution in [1.82, 2.24) is 15.2 Å². The van der Waals surface area contributed by atoms with Gasteiger partial charge in [0.2, 0.25) is 17.7 Å². The largest absolute Gasteiger partial charge is 0.439 e. The fourth-order valence-electron chi connectivity index (χ4n) is 3.84. The molecule has 2 aliphatic rings. The van der Waals surface area contributed by atoms with Crippen LogP contribution in [0.2, 0.25) is 0 Å². The van der Waals surface area contributed by atoms with Crippen LogP contribution in [0.15, 0.2) is 48.7 Å². The second-order valence-electron chi connectivity index (χ2n) is 7.64. The maximum absolute atomic E-state index is 12.6. The molecule has 1 N–H and O–H groups in total. The predicted molar refractivity (Wildman–Crippen MR) is 109 cm³/mol. The van der Waals surface area contributed by atoms with Crippen LogP contribution in [0.1, 0.15) is 18.4 Å². The number of benzene rings is 1. The number of amides is 2. The molecule has 9 heteroatoms. The molecule has 3 heterocycles. The molecule has 0 radical (unpaired) electrons. The monoisotopic (exact) mass is 429 g/mol. The van der Waals surface area contributed by atoms with Crippen molar-refractivity contribution in [2.75, 3.05) is 18.1 Å². The molecule has 1 aromatic carbocycles. The third kappa shape index (κ3) is 4.79.